The Hall–Kier alpha value is -3.65. The van der Waals surface area contributed by atoms with E-state index >= 15 is 0 Å². The molecule has 0 bridgehead atoms. The van der Waals surface area contributed by atoms with Gasteiger partial charge in [-0.1, -0.05) is 13.0 Å². The van der Waals surface area contributed by atoms with Crippen LogP contribution in [0.5, 0.6) is 11.5 Å². The quantitative estimate of drug-likeness (QED) is 0.0556. The average molecular weight is 816 g/mol. The Balaban J connectivity index is 0.00000122. The van der Waals surface area contributed by atoms with Gasteiger partial charge in [0.15, 0.2) is 16.6 Å². The molecule has 0 saturated carbocycles. The van der Waals surface area contributed by atoms with Crippen LogP contribution < -0.4 is 20.1 Å². The Morgan fingerprint density at radius 3 is 2.57 bits per heavy atom. The maximum atomic E-state index is 13.4. The van der Waals surface area contributed by atoms with Crippen molar-refractivity contribution in [2.75, 3.05) is 63.7 Å². The number of anilines is 3. The minimum atomic E-state index is -4.64. The fraction of sp³-hybridized carbons (Fsp3) is 0.438. The second-order valence-electron chi connectivity index (χ2n) is 12.0. The molecule has 2 aromatic carbocycles. The lowest BCUT2D eigenvalue weighted by atomic mass is 10.2. The van der Waals surface area contributed by atoms with Crippen LogP contribution in [0.2, 0.25) is 0 Å². The molecular formula is C32H44FN7O11P2S. The molecule has 0 unspecified atom stereocenters. The van der Waals surface area contributed by atoms with E-state index < -0.39 is 21.5 Å². The SMILES string of the molecule is CCN(CCOP(=O)(O)O)C[C@@H]1CCCN1CCCOc1cc2ncnc(Nc3ncc(CC(=O)Nc4cccc(F)c4)s3)c2cc1OC.O=P(O)(O)O. The van der Waals surface area contributed by atoms with E-state index in [1.165, 1.54) is 35.9 Å². The zero-order valence-corrected chi connectivity index (χ0v) is 32.2. The number of carbonyl (C=O) groups is 1. The molecule has 0 radical (unpaired) electrons. The number of phosphoric ester groups is 1. The molecule has 0 aliphatic carbocycles. The summed E-state index contributed by atoms with van der Waals surface area (Å²) in [5.74, 6) is 0.925. The second-order valence-corrected chi connectivity index (χ2v) is 15.4. The summed E-state index contributed by atoms with van der Waals surface area (Å²) >= 11 is 1.31. The van der Waals surface area contributed by atoms with Gasteiger partial charge in [-0.05, 0) is 56.6 Å². The first-order chi connectivity index (χ1) is 25.6. The summed E-state index contributed by atoms with van der Waals surface area (Å²) < 4.78 is 49.8. The molecule has 1 amide bonds. The van der Waals surface area contributed by atoms with Gasteiger partial charge >= 0.3 is 15.6 Å². The average Bonchev–Trinajstić information content (AvgIpc) is 3.73. The molecule has 7 N–H and O–H groups in total. The molecule has 3 heterocycles. The number of carbonyl (C=O) groups excluding carboxylic acids is 1. The van der Waals surface area contributed by atoms with Gasteiger partial charge < -0.3 is 44.6 Å². The maximum absolute atomic E-state index is 13.4. The lowest BCUT2D eigenvalue weighted by Gasteiger charge is -2.30. The first kappa shape index (κ1) is 43.1. The van der Waals surface area contributed by atoms with Crippen LogP contribution in [0.3, 0.4) is 0 Å². The molecule has 5 rings (SSSR count). The van der Waals surface area contributed by atoms with Crippen LogP contribution in [0.1, 0.15) is 31.1 Å². The third-order valence-corrected chi connectivity index (χ3v) is 9.50. The number of halogens is 1. The standard InChI is InChI=1S/C32H41FN7O7PS.H3O4P/c1-3-39(12-14-47-48(42,43)44)20-24-9-5-10-40(24)11-6-13-46-29-18-27-26(17-28(29)45-2)31(36-21-35-27)38-32-34-19-25(49-32)16-30(41)37-23-8-4-7-22(33)15-23;1-5(2,3)4/h4,7-8,15,17-19,21,24H,3,5-6,9-14,16,20H2,1-2H3,(H,37,41)(H2,42,43,44)(H,34,35,36,38);(H3,1,2,3,4)/t24-;/m0./s1. The van der Waals surface area contributed by atoms with Crippen molar-refractivity contribution in [2.24, 2.45) is 0 Å². The van der Waals surface area contributed by atoms with Crippen molar-refractivity contribution in [3.63, 3.8) is 0 Å². The fourth-order valence-electron chi connectivity index (χ4n) is 5.73. The Morgan fingerprint density at radius 1 is 1.09 bits per heavy atom. The lowest BCUT2D eigenvalue weighted by molar-refractivity contribution is -0.115. The van der Waals surface area contributed by atoms with Crippen LogP contribution >= 0.6 is 27.0 Å². The van der Waals surface area contributed by atoms with Crippen LogP contribution in [0, 0.1) is 5.82 Å². The number of methoxy groups -OCH3 is 1. The maximum Gasteiger partial charge on any atom is 0.469 e. The highest BCUT2D eigenvalue weighted by molar-refractivity contribution is 7.46. The molecule has 0 spiro atoms. The Bertz CT molecular complexity index is 1920. The predicted molar refractivity (Wildman–Crippen MR) is 199 cm³/mol. The van der Waals surface area contributed by atoms with Gasteiger partial charge in [-0.3, -0.25) is 19.1 Å². The topological polar surface area (TPSA) is 249 Å². The molecule has 22 heteroatoms. The van der Waals surface area contributed by atoms with Gasteiger partial charge in [0.05, 0.1) is 32.3 Å². The highest BCUT2D eigenvalue weighted by Gasteiger charge is 2.26. The Morgan fingerprint density at radius 2 is 1.87 bits per heavy atom. The highest BCUT2D eigenvalue weighted by atomic mass is 32.1. The minimum Gasteiger partial charge on any atom is -0.493 e. The van der Waals surface area contributed by atoms with E-state index in [-0.39, 0.29) is 18.9 Å². The fourth-order valence-corrected chi connectivity index (χ4v) is 6.85. The molecule has 4 aromatic rings. The van der Waals surface area contributed by atoms with Gasteiger partial charge in [-0.2, -0.15) is 0 Å². The van der Waals surface area contributed by atoms with Crippen LogP contribution in [0.25, 0.3) is 10.9 Å². The number of benzene rings is 2. The molecule has 1 atom stereocenters. The first-order valence-electron chi connectivity index (χ1n) is 16.8. The van der Waals surface area contributed by atoms with Crippen molar-refractivity contribution in [3.05, 3.63) is 59.6 Å². The van der Waals surface area contributed by atoms with Gasteiger partial charge in [0.2, 0.25) is 5.91 Å². The lowest BCUT2D eigenvalue weighted by Crippen LogP contribution is -2.42. The van der Waals surface area contributed by atoms with Crippen molar-refractivity contribution < 1.29 is 56.8 Å². The number of fused-ring (bicyclic) bond motifs is 1. The van der Waals surface area contributed by atoms with E-state index in [0.717, 1.165) is 50.3 Å². The number of nitrogens with one attached hydrogen (secondary N) is 2. The molecule has 2 aromatic heterocycles. The third kappa shape index (κ3) is 14.9. The minimum absolute atomic E-state index is 0.0128. The molecular weight excluding hydrogens is 771 g/mol. The zero-order chi connectivity index (χ0) is 39.3. The summed E-state index contributed by atoms with van der Waals surface area (Å²) in [6.45, 7) is 6.38. The van der Waals surface area contributed by atoms with Gasteiger partial charge in [0.25, 0.3) is 0 Å². The van der Waals surface area contributed by atoms with Crippen LogP contribution in [0.4, 0.5) is 21.0 Å². The van der Waals surface area contributed by atoms with E-state index in [1.807, 2.05) is 19.1 Å². The molecule has 1 saturated heterocycles. The van der Waals surface area contributed by atoms with Gasteiger partial charge in [0, 0.05) is 53.9 Å². The first-order valence-corrected chi connectivity index (χ1v) is 20.7. The molecule has 1 aliphatic rings. The summed E-state index contributed by atoms with van der Waals surface area (Å²) in [5.41, 5.74) is 1.04. The number of rotatable bonds is 18. The molecule has 1 aliphatic heterocycles. The second kappa shape index (κ2) is 20.3. The Kier molecular flexibility index (Phi) is 16.2. The third-order valence-electron chi connectivity index (χ3n) is 8.07. The number of phosphoric acid groups is 2. The number of hydrogen-bond acceptors (Lipinski definition) is 13. The van der Waals surface area contributed by atoms with E-state index in [2.05, 4.69) is 39.9 Å². The summed E-state index contributed by atoms with van der Waals surface area (Å²) in [6, 6.07) is 9.74. The van der Waals surface area contributed by atoms with E-state index in [9.17, 15) is 13.8 Å². The summed E-state index contributed by atoms with van der Waals surface area (Å²) in [7, 11) is -7.53. The summed E-state index contributed by atoms with van der Waals surface area (Å²) in [6.07, 6.45) is 6.12. The molecule has 1 fully saturated rings. The van der Waals surface area contributed by atoms with Crippen molar-refractivity contribution in [1.29, 1.82) is 0 Å². The molecule has 18 nitrogen and oxygen atoms in total. The van der Waals surface area contributed by atoms with E-state index in [4.69, 9.17) is 38.5 Å². The van der Waals surface area contributed by atoms with Crippen molar-refractivity contribution in [2.45, 2.75) is 38.6 Å². The molecule has 296 valence electrons. The number of likely N-dealkylation sites (tertiary alicyclic amines) is 1. The smallest absolute Gasteiger partial charge is 0.469 e. The van der Waals surface area contributed by atoms with Crippen LogP contribution in [-0.2, 0) is 24.9 Å². The number of likely N-dealkylation sites (N-methyl/N-ethyl adjacent to an activating group) is 1. The van der Waals surface area contributed by atoms with Crippen molar-refractivity contribution >= 4 is 60.4 Å². The monoisotopic (exact) mass is 815 g/mol. The van der Waals surface area contributed by atoms with Gasteiger partial charge in [-0.25, -0.2) is 28.5 Å². The van der Waals surface area contributed by atoms with E-state index in [0.29, 0.717) is 58.2 Å². The number of amides is 1. The van der Waals surface area contributed by atoms with Crippen LogP contribution in [0.15, 0.2) is 48.9 Å². The largest absolute Gasteiger partial charge is 0.493 e. The van der Waals surface area contributed by atoms with Gasteiger partial charge in [0.1, 0.15) is 18.0 Å². The number of thiazole rings is 1. The predicted octanol–water partition coefficient (Wildman–Crippen LogP) is 3.89. The zero-order valence-electron chi connectivity index (χ0n) is 29.6. The Labute approximate surface area is 314 Å². The number of hydrogen-bond donors (Lipinski definition) is 7. The highest BCUT2D eigenvalue weighted by Crippen LogP contribution is 2.36. The number of ether oxygens (including phenoxy) is 2. The normalized spacial score (nSPS) is 14.9. The summed E-state index contributed by atoms with van der Waals surface area (Å²) in [5, 5.41) is 7.16. The van der Waals surface area contributed by atoms with Gasteiger partial charge in [-0.15, -0.1) is 11.3 Å². The number of aromatic nitrogens is 3. The van der Waals surface area contributed by atoms with Crippen molar-refractivity contribution in [3.8, 4) is 11.5 Å². The van der Waals surface area contributed by atoms with Crippen molar-refractivity contribution in [1.82, 2.24) is 24.8 Å². The summed E-state index contributed by atoms with van der Waals surface area (Å²) in [4.78, 5) is 70.5. The van der Waals surface area contributed by atoms with E-state index in [1.54, 1.807) is 19.4 Å². The van der Waals surface area contributed by atoms with Crippen LogP contribution in [-0.4, -0.2) is 114 Å². The number of nitrogens with zero attached hydrogens (tertiary/aromatic N) is 5. The molecule has 54 heavy (non-hydrogen) atoms.